The molecule has 1 saturated carbocycles. The molecular formula is C9H12BrN3. The maximum absolute atomic E-state index is 5.61. The SMILES string of the molecule is NCc1cc(Br)cnc1NC1CC1. The van der Waals surface area contributed by atoms with Crippen molar-refractivity contribution in [1.29, 1.82) is 0 Å². The molecule has 0 radical (unpaired) electrons. The number of hydrogen-bond donors (Lipinski definition) is 2. The molecule has 0 unspecified atom stereocenters. The molecule has 1 aliphatic rings. The second-order valence-electron chi connectivity index (χ2n) is 3.28. The van der Waals surface area contributed by atoms with Crippen molar-refractivity contribution in [2.75, 3.05) is 5.32 Å². The topological polar surface area (TPSA) is 50.9 Å². The lowest BCUT2D eigenvalue weighted by molar-refractivity contribution is 1.02. The average Bonchev–Trinajstić information content (AvgIpc) is 2.92. The summed E-state index contributed by atoms with van der Waals surface area (Å²) < 4.78 is 0.981. The molecule has 13 heavy (non-hydrogen) atoms. The fourth-order valence-corrected chi connectivity index (χ4v) is 1.57. The Morgan fingerprint density at radius 1 is 1.62 bits per heavy atom. The molecule has 1 aromatic heterocycles. The predicted molar refractivity (Wildman–Crippen MR) is 56.5 cm³/mol. The lowest BCUT2D eigenvalue weighted by Crippen LogP contribution is -2.08. The Kier molecular flexibility index (Phi) is 2.51. The zero-order valence-corrected chi connectivity index (χ0v) is 8.84. The van der Waals surface area contributed by atoms with Gasteiger partial charge in [0.1, 0.15) is 5.82 Å². The Hall–Kier alpha value is -0.610. The maximum atomic E-state index is 5.61. The predicted octanol–water partition coefficient (Wildman–Crippen LogP) is 1.88. The molecule has 1 aromatic rings. The van der Waals surface area contributed by atoms with Crippen LogP contribution in [0.4, 0.5) is 5.82 Å². The summed E-state index contributed by atoms with van der Waals surface area (Å²) >= 11 is 3.37. The Balaban J connectivity index is 2.21. The van der Waals surface area contributed by atoms with Gasteiger partial charge in [-0.05, 0) is 34.8 Å². The number of nitrogens with two attached hydrogens (primary N) is 1. The summed E-state index contributed by atoms with van der Waals surface area (Å²) in [5.74, 6) is 0.938. The third-order valence-electron chi connectivity index (χ3n) is 2.07. The second kappa shape index (κ2) is 3.64. The fourth-order valence-electron chi connectivity index (χ4n) is 1.19. The zero-order valence-electron chi connectivity index (χ0n) is 7.26. The molecule has 0 bridgehead atoms. The van der Waals surface area contributed by atoms with Gasteiger partial charge >= 0.3 is 0 Å². The van der Waals surface area contributed by atoms with Crippen LogP contribution in [-0.2, 0) is 6.54 Å². The first kappa shape index (κ1) is 8.97. The highest BCUT2D eigenvalue weighted by molar-refractivity contribution is 9.10. The summed E-state index contributed by atoms with van der Waals surface area (Å²) in [5.41, 5.74) is 6.69. The van der Waals surface area contributed by atoms with Crippen LogP contribution in [-0.4, -0.2) is 11.0 Å². The first-order valence-electron chi connectivity index (χ1n) is 4.40. The Morgan fingerprint density at radius 3 is 3.00 bits per heavy atom. The van der Waals surface area contributed by atoms with E-state index >= 15 is 0 Å². The molecule has 70 valence electrons. The molecule has 0 atom stereocenters. The van der Waals surface area contributed by atoms with Crippen LogP contribution in [0.5, 0.6) is 0 Å². The van der Waals surface area contributed by atoms with E-state index in [0.717, 1.165) is 15.9 Å². The highest BCUT2D eigenvalue weighted by Crippen LogP contribution is 2.26. The quantitative estimate of drug-likeness (QED) is 0.850. The first-order valence-corrected chi connectivity index (χ1v) is 5.20. The molecule has 4 heteroatoms. The van der Waals surface area contributed by atoms with Crippen LogP contribution in [0, 0.1) is 0 Å². The van der Waals surface area contributed by atoms with Gasteiger partial charge in [0.2, 0.25) is 0 Å². The van der Waals surface area contributed by atoms with Crippen LogP contribution in [0.1, 0.15) is 18.4 Å². The number of aromatic nitrogens is 1. The number of nitrogens with one attached hydrogen (secondary N) is 1. The van der Waals surface area contributed by atoms with Gasteiger partial charge in [0.15, 0.2) is 0 Å². The van der Waals surface area contributed by atoms with E-state index in [1.54, 1.807) is 6.20 Å². The zero-order chi connectivity index (χ0) is 9.26. The van der Waals surface area contributed by atoms with Gasteiger partial charge in [0.05, 0.1) is 0 Å². The molecular weight excluding hydrogens is 230 g/mol. The molecule has 1 fully saturated rings. The van der Waals surface area contributed by atoms with Gasteiger partial charge in [0.25, 0.3) is 0 Å². The summed E-state index contributed by atoms with van der Waals surface area (Å²) in [6.07, 6.45) is 4.30. The fraction of sp³-hybridized carbons (Fsp3) is 0.444. The van der Waals surface area contributed by atoms with E-state index in [9.17, 15) is 0 Å². The van der Waals surface area contributed by atoms with E-state index in [4.69, 9.17) is 5.73 Å². The van der Waals surface area contributed by atoms with Crippen LogP contribution in [0.25, 0.3) is 0 Å². The summed E-state index contributed by atoms with van der Waals surface area (Å²) in [5, 5.41) is 3.35. The third kappa shape index (κ3) is 2.19. The minimum Gasteiger partial charge on any atom is -0.367 e. The van der Waals surface area contributed by atoms with E-state index < -0.39 is 0 Å². The van der Waals surface area contributed by atoms with Crippen molar-refractivity contribution >= 4 is 21.7 Å². The van der Waals surface area contributed by atoms with Crippen molar-refractivity contribution < 1.29 is 0 Å². The molecule has 3 nitrogen and oxygen atoms in total. The van der Waals surface area contributed by atoms with Crippen molar-refractivity contribution in [2.24, 2.45) is 5.73 Å². The van der Waals surface area contributed by atoms with Crippen molar-refractivity contribution in [3.63, 3.8) is 0 Å². The normalized spacial score (nSPS) is 15.8. The largest absolute Gasteiger partial charge is 0.367 e. The van der Waals surface area contributed by atoms with E-state index in [1.165, 1.54) is 12.8 Å². The van der Waals surface area contributed by atoms with Crippen LogP contribution in [0.2, 0.25) is 0 Å². The molecule has 3 N–H and O–H groups in total. The monoisotopic (exact) mass is 241 g/mol. The summed E-state index contributed by atoms with van der Waals surface area (Å²) in [7, 11) is 0. The molecule has 1 aliphatic carbocycles. The molecule has 2 rings (SSSR count). The Labute approximate surface area is 85.9 Å². The van der Waals surface area contributed by atoms with Crippen molar-refractivity contribution in [3.05, 3.63) is 22.3 Å². The highest BCUT2D eigenvalue weighted by Gasteiger charge is 2.22. The van der Waals surface area contributed by atoms with E-state index in [1.807, 2.05) is 6.07 Å². The third-order valence-corrected chi connectivity index (χ3v) is 2.51. The smallest absolute Gasteiger partial charge is 0.130 e. The minimum atomic E-state index is 0.529. The first-order chi connectivity index (χ1) is 6.29. The van der Waals surface area contributed by atoms with E-state index in [0.29, 0.717) is 12.6 Å². The van der Waals surface area contributed by atoms with Crippen LogP contribution in [0.3, 0.4) is 0 Å². The van der Waals surface area contributed by atoms with Crippen LogP contribution >= 0.6 is 15.9 Å². The van der Waals surface area contributed by atoms with Gasteiger partial charge in [0, 0.05) is 28.8 Å². The summed E-state index contributed by atoms with van der Waals surface area (Å²) in [6, 6.07) is 2.64. The maximum Gasteiger partial charge on any atom is 0.130 e. The summed E-state index contributed by atoms with van der Waals surface area (Å²) in [4.78, 5) is 4.29. The Morgan fingerprint density at radius 2 is 2.38 bits per heavy atom. The molecule has 1 heterocycles. The lowest BCUT2D eigenvalue weighted by Gasteiger charge is -2.08. The average molecular weight is 242 g/mol. The molecule has 0 amide bonds. The van der Waals surface area contributed by atoms with Crippen molar-refractivity contribution in [2.45, 2.75) is 25.4 Å². The molecule has 0 spiro atoms. The van der Waals surface area contributed by atoms with Gasteiger partial charge in [-0.15, -0.1) is 0 Å². The van der Waals surface area contributed by atoms with E-state index in [-0.39, 0.29) is 0 Å². The van der Waals surface area contributed by atoms with Crippen LogP contribution < -0.4 is 11.1 Å². The standard InChI is InChI=1S/C9H12BrN3/c10-7-3-6(4-11)9(12-5-7)13-8-1-2-8/h3,5,8H,1-2,4,11H2,(H,12,13). The number of nitrogens with zero attached hydrogens (tertiary/aromatic N) is 1. The van der Waals surface area contributed by atoms with Crippen molar-refractivity contribution in [1.82, 2.24) is 4.98 Å². The molecule has 0 saturated heterocycles. The number of pyridine rings is 1. The number of hydrogen-bond acceptors (Lipinski definition) is 3. The number of anilines is 1. The van der Waals surface area contributed by atoms with Gasteiger partial charge in [-0.25, -0.2) is 4.98 Å². The van der Waals surface area contributed by atoms with Crippen LogP contribution in [0.15, 0.2) is 16.7 Å². The molecule has 0 aromatic carbocycles. The number of halogens is 1. The minimum absolute atomic E-state index is 0.529. The second-order valence-corrected chi connectivity index (χ2v) is 4.20. The number of rotatable bonds is 3. The molecule has 0 aliphatic heterocycles. The summed E-state index contributed by atoms with van der Waals surface area (Å²) in [6.45, 7) is 0.529. The van der Waals surface area contributed by atoms with Gasteiger partial charge in [-0.2, -0.15) is 0 Å². The van der Waals surface area contributed by atoms with Gasteiger partial charge in [-0.3, -0.25) is 0 Å². The van der Waals surface area contributed by atoms with Gasteiger partial charge in [-0.1, -0.05) is 0 Å². The lowest BCUT2D eigenvalue weighted by atomic mass is 10.2. The Bertz CT molecular complexity index is 310. The highest BCUT2D eigenvalue weighted by atomic mass is 79.9. The van der Waals surface area contributed by atoms with Gasteiger partial charge < -0.3 is 11.1 Å². The van der Waals surface area contributed by atoms with Crippen molar-refractivity contribution in [3.8, 4) is 0 Å². The van der Waals surface area contributed by atoms with E-state index in [2.05, 4.69) is 26.2 Å².